The minimum Gasteiger partial charge on any atom is -0.381 e. The summed E-state index contributed by atoms with van der Waals surface area (Å²) in [5.74, 6) is 0. The number of ether oxygens (including phenoxy) is 1. The van der Waals surface area contributed by atoms with E-state index in [0.717, 1.165) is 17.2 Å². The van der Waals surface area contributed by atoms with Gasteiger partial charge in [-0.2, -0.15) is 18.4 Å². The van der Waals surface area contributed by atoms with Gasteiger partial charge < -0.3 is 10.1 Å². The molecule has 2 rings (SSSR count). The fraction of sp³-hybridized carbons (Fsp3) is 0.235. The lowest BCUT2D eigenvalue weighted by Crippen LogP contribution is -2.09. The van der Waals surface area contributed by atoms with Crippen LogP contribution in [0.5, 0.6) is 0 Å². The maximum Gasteiger partial charge on any atom is 0.417 e. The van der Waals surface area contributed by atoms with Crippen LogP contribution >= 0.6 is 0 Å². The molecule has 0 aliphatic heterocycles. The summed E-state index contributed by atoms with van der Waals surface area (Å²) in [6.07, 6.45) is -4.53. The summed E-state index contributed by atoms with van der Waals surface area (Å²) >= 11 is 0. The van der Waals surface area contributed by atoms with Crippen LogP contribution in [0.1, 0.15) is 22.3 Å². The van der Waals surface area contributed by atoms with E-state index in [1.807, 2.05) is 24.3 Å². The minimum absolute atomic E-state index is 0.396. The molecule has 120 valence electrons. The first kappa shape index (κ1) is 16.8. The van der Waals surface area contributed by atoms with Crippen LogP contribution in [0.15, 0.2) is 42.5 Å². The van der Waals surface area contributed by atoms with Gasteiger partial charge in [-0.25, -0.2) is 0 Å². The molecule has 2 aromatic carbocycles. The average Bonchev–Trinajstić information content (AvgIpc) is 2.53. The van der Waals surface area contributed by atoms with E-state index in [-0.39, 0.29) is 0 Å². The van der Waals surface area contributed by atoms with Gasteiger partial charge in [0.15, 0.2) is 0 Å². The van der Waals surface area contributed by atoms with Crippen molar-refractivity contribution in [2.24, 2.45) is 0 Å². The molecule has 0 heterocycles. The Morgan fingerprint density at radius 3 is 2.43 bits per heavy atom. The van der Waals surface area contributed by atoms with E-state index in [2.05, 4.69) is 5.32 Å². The standard InChI is InChI=1S/C17H15F3N2O/c1-23-11-13-5-3-2-4-12(13)10-22-15-6-7-16(17(18,19)20)14(8-15)9-21/h2-8,22H,10-11H2,1H3. The second kappa shape index (κ2) is 7.16. The van der Waals surface area contributed by atoms with Crippen LogP contribution in [-0.2, 0) is 24.1 Å². The van der Waals surface area contributed by atoms with Gasteiger partial charge in [0, 0.05) is 19.3 Å². The van der Waals surface area contributed by atoms with E-state index >= 15 is 0 Å². The molecule has 0 aromatic heterocycles. The Balaban J connectivity index is 2.18. The zero-order valence-corrected chi connectivity index (χ0v) is 12.4. The number of rotatable bonds is 5. The maximum absolute atomic E-state index is 12.8. The lowest BCUT2D eigenvalue weighted by atomic mass is 10.1. The Morgan fingerprint density at radius 1 is 1.13 bits per heavy atom. The first-order chi connectivity index (χ1) is 11.0. The Bertz CT molecular complexity index is 721. The number of anilines is 1. The third-order valence-electron chi connectivity index (χ3n) is 3.35. The third-order valence-corrected chi connectivity index (χ3v) is 3.35. The van der Waals surface area contributed by atoms with Gasteiger partial charge >= 0.3 is 6.18 Å². The molecule has 0 spiro atoms. The molecule has 0 unspecified atom stereocenters. The van der Waals surface area contributed by atoms with Crippen LogP contribution in [0.25, 0.3) is 0 Å². The van der Waals surface area contributed by atoms with Gasteiger partial charge in [0.1, 0.15) is 0 Å². The van der Waals surface area contributed by atoms with Crippen molar-refractivity contribution in [2.75, 3.05) is 12.4 Å². The molecular weight excluding hydrogens is 305 g/mol. The normalized spacial score (nSPS) is 11.1. The highest BCUT2D eigenvalue weighted by Crippen LogP contribution is 2.33. The molecule has 0 radical (unpaired) electrons. The molecule has 1 N–H and O–H groups in total. The van der Waals surface area contributed by atoms with Crippen LogP contribution in [0.2, 0.25) is 0 Å². The highest BCUT2D eigenvalue weighted by molar-refractivity contribution is 5.54. The van der Waals surface area contributed by atoms with Crippen molar-refractivity contribution in [1.29, 1.82) is 5.26 Å². The van der Waals surface area contributed by atoms with E-state index < -0.39 is 17.3 Å². The third kappa shape index (κ3) is 4.24. The number of hydrogen-bond acceptors (Lipinski definition) is 3. The number of hydrogen-bond donors (Lipinski definition) is 1. The summed E-state index contributed by atoms with van der Waals surface area (Å²) < 4.78 is 43.4. The Labute approximate surface area is 132 Å². The van der Waals surface area contributed by atoms with Crippen LogP contribution in [0, 0.1) is 11.3 Å². The summed E-state index contributed by atoms with van der Waals surface area (Å²) in [5, 5.41) is 12.0. The van der Waals surface area contributed by atoms with Crippen molar-refractivity contribution >= 4 is 5.69 Å². The number of nitrogens with zero attached hydrogens (tertiary/aromatic N) is 1. The molecule has 0 bridgehead atoms. The van der Waals surface area contributed by atoms with Crippen LogP contribution in [-0.4, -0.2) is 7.11 Å². The molecule has 2 aromatic rings. The lowest BCUT2D eigenvalue weighted by Gasteiger charge is -2.13. The van der Waals surface area contributed by atoms with Crippen molar-refractivity contribution < 1.29 is 17.9 Å². The van der Waals surface area contributed by atoms with Gasteiger partial charge in [0.05, 0.1) is 23.8 Å². The van der Waals surface area contributed by atoms with E-state index in [9.17, 15) is 13.2 Å². The van der Waals surface area contributed by atoms with Gasteiger partial charge in [0.25, 0.3) is 0 Å². The fourth-order valence-electron chi connectivity index (χ4n) is 2.22. The highest BCUT2D eigenvalue weighted by Gasteiger charge is 2.33. The summed E-state index contributed by atoms with van der Waals surface area (Å²) in [4.78, 5) is 0. The molecule has 0 saturated carbocycles. The number of benzene rings is 2. The fourth-order valence-corrected chi connectivity index (χ4v) is 2.22. The topological polar surface area (TPSA) is 45.0 Å². The average molecular weight is 320 g/mol. The van der Waals surface area contributed by atoms with E-state index in [4.69, 9.17) is 10.00 Å². The zero-order valence-electron chi connectivity index (χ0n) is 12.4. The number of nitrogens with one attached hydrogen (secondary N) is 1. The summed E-state index contributed by atoms with van der Waals surface area (Å²) in [7, 11) is 1.60. The molecule has 3 nitrogen and oxygen atoms in total. The van der Waals surface area contributed by atoms with Gasteiger partial charge in [-0.3, -0.25) is 0 Å². The van der Waals surface area contributed by atoms with Crippen molar-refractivity contribution in [3.63, 3.8) is 0 Å². The summed E-state index contributed by atoms with van der Waals surface area (Å²) in [6, 6.07) is 12.7. The van der Waals surface area contributed by atoms with Gasteiger partial charge in [-0.05, 0) is 29.3 Å². The van der Waals surface area contributed by atoms with Crippen LogP contribution < -0.4 is 5.32 Å². The van der Waals surface area contributed by atoms with Crippen LogP contribution in [0.4, 0.5) is 18.9 Å². The largest absolute Gasteiger partial charge is 0.417 e. The smallest absolute Gasteiger partial charge is 0.381 e. The van der Waals surface area contributed by atoms with Gasteiger partial charge in [-0.1, -0.05) is 24.3 Å². The monoisotopic (exact) mass is 320 g/mol. The van der Waals surface area contributed by atoms with E-state index in [1.165, 1.54) is 12.1 Å². The number of nitriles is 1. The summed E-state index contributed by atoms with van der Waals surface area (Å²) in [6.45, 7) is 0.879. The number of methoxy groups -OCH3 is 1. The number of halogens is 3. The van der Waals surface area contributed by atoms with Crippen molar-refractivity contribution in [3.05, 3.63) is 64.7 Å². The van der Waals surface area contributed by atoms with E-state index in [1.54, 1.807) is 13.2 Å². The molecule has 0 amide bonds. The molecular formula is C17H15F3N2O. The first-order valence-corrected chi connectivity index (χ1v) is 6.86. The Kier molecular flexibility index (Phi) is 5.24. The Morgan fingerprint density at radius 2 is 1.83 bits per heavy atom. The molecule has 23 heavy (non-hydrogen) atoms. The summed E-state index contributed by atoms with van der Waals surface area (Å²) in [5.41, 5.74) is 1.11. The molecule has 0 fully saturated rings. The maximum atomic E-state index is 12.8. The predicted octanol–water partition coefficient (Wildman–Crippen LogP) is 4.34. The predicted molar refractivity (Wildman–Crippen MR) is 80.6 cm³/mol. The van der Waals surface area contributed by atoms with Gasteiger partial charge in [0.2, 0.25) is 0 Å². The SMILES string of the molecule is COCc1ccccc1CNc1ccc(C(F)(F)F)c(C#N)c1. The second-order valence-electron chi connectivity index (χ2n) is 4.93. The van der Waals surface area contributed by atoms with Gasteiger partial charge in [-0.15, -0.1) is 0 Å². The zero-order chi connectivity index (χ0) is 16.9. The molecule has 0 aliphatic carbocycles. The van der Waals surface area contributed by atoms with Crippen LogP contribution in [0.3, 0.4) is 0 Å². The molecule has 0 saturated heterocycles. The highest BCUT2D eigenvalue weighted by atomic mass is 19.4. The lowest BCUT2D eigenvalue weighted by molar-refractivity contribution is -0.137. The van der Waals surface area contributed by atoms with Crippen molar-refractivity contribution in [2.45, 2.75) is 19.3 Å². The quantitative estimate of drug-likeness (QED) is 0.891. The second-order valence-corrected chi connectivity index (χ2v) is 4.93. The van der Waals surface area contributed by atoms with Crippen molar-refractivity contribution in [3.8, 4) is 6.07 Å². The minimum atomic E-state index is -4.53. The number of alkyl halides is 3. The first-order valence-electron chi connectivity index (χ1n) is 6.86. The molecule has 0 aliphatic rings. The Hall–Kier alpha value is -2.52. The molecule has 0 atom stereocenters. The molecule has 6 heteroatoms. The van der Waals surface area contributed by atoms with Crippen molar-refractivity contribution in [1.82, 2.24) is 0 Å². The van der Waals surface area contributed by atoms with E-state index in [0.29, 0.717) is 18.8 Å².